The van der Waals surface area contributed by atoms with Gasteiger partial charge in [-0.1, -0.05) is 48.9 Å². The fourth-order valence-electron chi connectivity index (χ4n) is 4.41. The third kappa shape index (κ3) is 3.94. The topological polar surface area (TPSA) is 59.4 Å². The Kier molecular flexibility index (Phi) is 5.72. The summed E-state index contributed by atoms with van der Waals surface area (Å²) in [4.78, 5) is 17.9. The normalized spacial score (nSPS) is 21.5. The summed E-state index contributed by atoms with van der Waals surface area (Å²) in [5.41, 5.74) is 3.48. The lowest BCUT2D eigenvalue weighted by molar-refractivity contribution is 0.0446. The highest BCUT2D eigenvalue weighted by Gasteiger charge is 2.39. The summed E-state index contributed by atoms with van der Waals surface area (Å²) in [6, 6.07) is 21.0. The minimum absolute atomic E-state index is 0.00517. The van der Waals surface area contributed by atoms with Crippen molar-refractivity contribution in [1.29, 1.82) is 0 Å². The van der Waals surface area contributed by atoms with E-state index in [0.717, 1.165) is 35.4 Å². The lowest BCUT2D eigenvalue weighted by Gasteiger charge is -2.36. The minimum Gasteiger partial charge on any atom is -0.497 e. The van der Waals surface area contributed by atoms with Gasteiger partial charge in [-0.05, 0) is 48.6 Å². The molecule has 0 spiro atoms. The molecule has 1 aliphatic carbocycles. The summed E-state index contributed by atoms with van der Waals surface area (Å²) in [7, 11) is 1.64. The predicted molar refractivity (Wildman–Crippen MR) is 113 cm³/mol. The van der Waals surface area contributed by atoms with Crippen molar-refractivity contribution in [3.8, 4) is 17.0 Å². The number of hydrogen-bond acceptors (Lipinski definition) is 4. The number of ether oxygens (including phenoxy) is 1. The second-order valence-corrected chi connectivity index (χ2v) is 7.53. The summed E-state index contributed by atoms with van der Waals surface area (Å²) in [5.74, 6) is 0.207. The van der Waals surface area contributed by atoms with E-state index in [9.17, 15) is 9.90 Å². The van der Waals surface area contributed by atoms with E-state index in [2.05, 4.69) is 4.98 Å². The molecular formula is C25H25NO3. The van der Waals surface area contributed by atoms with Gasteiger partial charge < -0.3 is 9.84 Å². The van der Waals surface area contributed by atoms with Crippen LogP contribution in [-0.4, -0.2) is 29.1 Å². The number of nitrogens with zero attached hydrogens (tertiary/aromatic N) is 1. The Hall–Kier alpha value is -2.98. The number of aromatic nitrogens is 1. The number of hydrogen-bond donors (Lipinski definition) is 1. The fourth-order valence-corrected chi connectivity index (χ4v) is 4.41. The van der Waals surface area contributed by atoms with Gasteiger partial charge in [-0.15, -0.1) is 0 Å². The highest BCUT2D eigenvalue weighted by molar-refractivity contribution is 5.99. The Morgan fingerprint density at radius 1 is 1.03 bits per heavy atom. The molecule has 4 rings (SSSR count). The molecule has 1 N–H and O–H groups in total. The fraction of sp³-hybridized carbons (Fsp3) is 0.280. The molecule has 1 saturated carbocycles. The Balaban J connectivity index is 1.80. The molecule has 1 aromatic heterocycles. The molecule has 1 aliphatic rings. The van der Waals surface area contributed by atoms with E-state index in [1.54, 1.807) is 13.3 Å². The van der Waals surface area contributed by atoms with Gasteiger partial charge in [0, 0.05) is 17.3 Å². The van der Waals surface area contributed by atoms with Gasteiger partial charge in [0.05, 0.1) is 24.8 Å². The number of carbonyl (C=O) groups excluding carboxylic acids is 1. The van der Waals surface area contributed by atoms with Gasteiger partial charge in [-0.3, -0.25) is 9.78 Å². The van der Waals surface area contributed by atoms with Crippen molar-refractivity contribution in [3.05, 3.63) is 84.1 Å². The monoisotopic (exact) mass is 387 g/mol. The van der Waals surface area contributed by atoms with E-state index in [1.165, 1.54) is 0 Å². The van der Waals surface area contributed by atoms with Crippen LogP contribution in [0.1, 0.15) is 41.1 Å². The molecule has 3 atom stereocenters. The average Bonchev–Trinajstić information content (AvgIpc) is 2.79. The Labute approximate surface area is 171 Å². The average molecular weight is 387 g/mol. The van der Waals surface area contributed by atoms with E-state index in [4.69, 9.17) is 4.74 Å². The molecule has 0 amide bonds. The highest BCUT2D eigenvalue weighted by atomic mass is 16.5. The van der Waals surface area contributed by atoms with Gasteiger partial charge in [0.1, 0.15) is 5.75 Å². The smallest absolute Gasteiger partial charge is 0.169 e. The number of methoxy groups -OCH3 is 1. The van der Waals surface area contributed by atoms with E-state index < -0.39 is 12.0 Å². The molecule has 0 bridgehead atoms. The molecule has 4 nitrogen and oxygen atoms in total. The van der Waals surface area contributed by atoms with Crippen molar-refractivity contribution >= 4 is 5.78 Å². The van der Waals surface area contributed by atoms with Crippen molar-refractivity contribution in [1.82, 2.24) is 4.98 Å². The van der Waals surface area contributed by atoms with Crippen LogP contribution in [0.4, 0.5) is 0 Å². The first-order chi connectivity index (χ1) is 14.2. The maximum absolute atomic E-state index is 13.4. The van der Waals surface area contributed by atoms with Crippen molar-refractivity contribution in [2.75, 3.05) is 7.11 Å². The van der Waals surface area contributed by atoms with Crippen molar-refractivity contribution in [2.45, 2.75) is 31.3 Å². The molecule has 0 saturated heterocycles. The summed E-state index contributed by atoms with van der Waals surface area (Å²) >= 11 is 0. The largest absolute Gasteiger partial charge is 0.497 e. The number of ketones is 1. The standard InChI is InChI=1S/C25H25NO3/c1-29-18-13-14-19(21(16-18)22-11-5-6-15-26-22)20-10-7-12-23(27)24(20)25(28)17-8-3-2-4-9-17/h2-6,8-9,11,13-16,20,23-24,27H,7,10,12H2,1H3/t20-,23+,24-/m0/s1. The van der Waals surface area contributed by atoms with Crippen molar-refractivity contribution in [3.63, 3.8) is 0 Å². The van der Waals surface area contributed by atoms with Gasteiger partial charge in [0.15, 0.2) is 5.78 Å². The lowest BCUT2D eigenvalue weighted by Crippen LogP contribution is -2.37. The van der Waals surface area contributed by atoms with E-state index in [1.807, 2.05) is 66.7 Å². The summed E-state index contributed by atoms with van der Waals surface area (Å²) < 4.78 is 5.44. The zero-order chi connectivity index (χ0) is 20.2. The van der Waals surface area contributed by atoms with Crippen LogP contribution in [0.5, 0.6) is 5.75 Å². The summed E-state index contributed by atoms with van der Waals surface area (Å²) in [5, 5.41) is 10.8. The van der Waals surface area contributed by atoms with Crippen molar-refractivity contribution < 1.29 is 14.6 Å². The van der Waals surface area contributed by atoms with Crippen LogP contribution in [0.25, 0.3) is 11.3 Å². The Bertz CT molecular complexity index is 972. The number of aliphatic hydroxyl groups is 1. The van der Waals surface area contributed by atoms with Crippen LogP contribution < -0.4 is 4.74 Å². The molecule has 2 aromatic carbocycles. The number of aliphatic hydroxyl groups excluding tert-OH is 1. The Morgan fingerprint density at radius 3 is 2.55 bits per heavy atom. The maximum Gasteiger partial charge on any atom is 0.169 e. The molecule has 29 heavy (non-hydrogen) atoms. The zero-order valence-corrected chi connectivity index (χ0v) is 16.5. The van der Waals surface area contributed by atoms with Gasteiger partial charge in [-0.2, -0.15) is 0 Å². The van der Waals surface area contributed by atoms with Crippen LogP contribution in [0.15, 0.2) is 72.9 Å². The second kappa shape index (κ2) is 8.58. The van der Waals surface area contributed by atoms with Gasteiger partial charge >= 0.3 is 0 Å². The van der Waals surface area contributed by atoms with Crippen LogP contribution in [0, 0.1) is 5.92 Å². The molecule has 0 aliphatic heterocycles. The van der Waals surface area contributed by atoms with E-state index in [0.29, 0.717) is 12.0 Å². The summed E-state index contributed by atoms with van der Waals surface area (Å²) in [6.45, 7) is 0. The molecule has 1 heterocycles. The number of carbonyl (C=O) groups is 1. The first-order valence-electron chi connectivity index (χ1n) is 10.1. The molecule has 148 valence electrons. The molecule has 4 heteroatoms. The lowest BCUT2D eigenvalue weighted by atomic mass is 9.69. The van der Waals surface area contributed by atoms with Crippen molar-refractivity contribution in [2.24, 2.45) is 5.92 Å². The zero-order valence-electron chi connectivity index (χ0n) is 16.5. The van der Waals surface area contributed by atoms with E-state index in [-0.39, 0.29) is 11.7 Å². The quantitative estimate of drug-likeness (QED) is 0.634. The Morgan fingerprint density at radius 2 is 1.83 bits per heavy atom. The van der Waals surface area contributed by atoms with E-state index >= 15 is 0 Å². The number of rotatable bonds is 5. The number of pyridine rings is 1. The van der Waals surface area contributed by atoms with Gasteiger partial charge in [-0.25, -0.2) is 0 Å². The van der Waals surface area contributed by atoms with Gasteiger partial charge in [0.2, 0.25) is 0 Å². The molecule has 0 radical (unpaired) electrons. The van der Waals surface area contributed by atoms with Crippen LogP contribution in [-0.2, 0) is 0 Å². The minimum atomic E-state index is -0.653. The second-order valence-electron chi connectivity index (χ2n) is 7.53. The highest BCUT2D eigenvalue weighted by Crippen LogP contribution is 2.44. The summed E-state index contributed by atoms with van der Waals surface area (Å²) in [6.07, 6.45) is 3.50. The third-order valence-corrected chi connectivity index (χ3v) is 5.82. The molecule has 0 unspecified atom stereocenters. The number of Topliss-reactive ketones (excluding diaryl/α,β-unsaturated/α-hetero) is 1. The maximum atomic E-state index is 13.4. The first-order valence-corrected chi connectivity index (χ1v) is 10.1. The molecule has 1 fully saturated rings. The van der Waals surface area contributed by atoms with Crippen LogP contribution >= 0.6 is 0 Å². The van der Waals surface area contributed by atoms with Gasteiger partial charge in [0.25, 0.3) is 0 Å². The van der Waals surface area contributed by atoms with Crippen LogP contribution in [0.3, 0.4) is 0 Å². The van der Waals surface area contributed by atoms with Crippen LogP contribution in [0.2, 0.25) is 0 Å². The predicted octanol–water partition coefficient (Wildman–Crippen LogP) is 4.88. The molecule has 3 aromatic rings. The number of benzene rings is 2. The third-order valence-electron chi connectivity index (χ3n) is 5.82. The first kappa shape index (κ1) is 19.3. The SMILES string of the molecule is COc1ccc([C@@H]2CCC[C@@H](O)[C@H]2C(=O)c2ccccc2)c(-c2ccccn2)c1. The molecular weight excluding hydrogens is 362 g/mol.